The molecule has 0 aliphatic heterocycles. The van der Waals surface area contributed by atoms with Crippen molar-refractivity contribution < 1.29 is 4.74 Å². The Morgan fingerprint density at radius 2 is 2.35 bits per heavy atom. The van der Waals surface area contributed by atoms with Crippen molar-refractivity contribution in [1.82, 2.24) is 19.7 Å². The summed E-state index contributed by atoms with van der Waals surface area (Å²) in [6.07, 6.45) is 4.23. The SMILES string of the molecule is COc1cc(NCCc2nncn2C)ccn1. The van der Waals surface area contributed by atoms with Gasteiger partial charge in [0, 0.05) is 38.0 Å². The van der Waals surface area contributed by atoms with Gasteiger partial charge in [-0.2, -0.15) is 0 Å². The second kappa shape index (κ2) is 5.29. The molecule has 2 heterocycles. The molecule has 17 heavy (non-hydrogen) atoms. The molecule has 0 spiro atoms. The third-order valence-corrected chi connectivity index (χ3v) is 2.43. The van der Waals surface area contributed by atoms with Gasteiger partial charge in [-0.15, -0.1) is 10.2 Å². The lowest BCUT2D eigenvalue weighted by Crippen LogP contribution is -2.08. The molecule has 0 aliphatic rings. The highest BCUT2D eigenvalue weighted by Gasteiger charge is 2.00. The summed E-state index contributed by atoms with van der Waals surface area (Å²) in [5, 5.41) is 11.1. The molecule has 0 bridgehead atoms. The molecule has 2 aromatic heterocycles. The molecule has 0 saturated heterocycles. The predicted octanol–water partition coefficient (Wildman–Crippen LogP) is 0.873. The zero-order chi connectivity index (χ0) is 12.1. The summed E-state index contributed by atoms with van der Waals surface area (Å²) in [7, 11) is 3.54. The number of pyridine rings is 1. The Morgan fingerprint density at radius 3 is 3.06 bits per heavy atom. The van der Waals surface area contributed by atoms with E-state index in [1.54, 1.807) is 19.6 Å². The number of nitrogens with one attached hydrogen (secondary N) is 1. The minimum atomic E-state index is 0.605. The normalized spacial score (nSPS) is 10.2. The van der Waals surface area contributed by atoms with E-state index >= 15 is 0 Å². The first-order chi connectivity index (χ1) is 8.29. The Bertz CT molecular complexity index is 482. The van der Waals surface area contributed by atoms with Crippen molar-refractivity contribution in [2.45, 2.75) is 6.42 Å². The fourth-order valence-electron chi connectivity index (χ4n) is 1.48. The largest absolute Gasteiger partial charge is 0.481 e. The van der Waals surface area contributed by atoms with Gasteiger partial charge < -0.3 is 14.6 Å². The van der Waals surface area contributed by atoms with Crippen LogP contribution in [-0.2, 0) is 13.5 Å². The highest BCUT2D eigenvalue weighted by Crippen LogP contribution is 2.13. The van der Waals surface area contributed by atoms with Crippen LogP contribution in [-0.4, -0.2) is 33.4 Å². The molecule has 0 unspecified atom stereocenters. The van der Waals surface area contributed by atoms with E-state index in [-0.39, 0.29) is 0 Å². The average Bonchev–Trinajstić information content (AvgIpc) is 2.76. The van der Waals surface area contributed by atoms with Gasteiger partial charge in [-0.05, 0) is 6.07 Å². The lowest BCUT2D eigenvalue weighted by Gasteiger charge is -2.06. The third kappa shape index (κ3) is 2.93. The lowest BCUT2D eigenvalue weighted by molar-refractivity contribution is 0.398. The molecule has 2 aromatic rings. The first-order valence-electron chi connectivity index (χ1n) is 5.36. The molecular formula is C11H15N5O. The summed E-state index contributed by atoms with van der Waals surface area (Å²) in [5.74, 6) is 1.56. The quantitative estimate of drug-likeness (QED) is 0.830. The topological polar surface area (TPSA) is 64.9 Å². The third-order valence-electron chi connectivity index (χ3n) is 2.43. The van der Waals surface area contributed by atoms with Crippen LogP contribution < -0.4 is 10.1 Å². The summed E-state index contributed by atoms with van der Waals surface area (Å²) >= 11 is 0. The molecule has 0 radical (unpaired) electrons. The van der Waals surface area contributed by atoms with Gasteiger partial charge in [0.2, 0.25) is 5.88 Å². The monoisotopic (exact) mass is 233 g/mol. The summed E-state index contributed by atoms with van der Waals surface area (Å²) in [6.45, 7) is 0.791. The van der Waals surface area contributed by atoms with Crippen molar-refractivity contribution >= 4 is 5.69 Å². The van der Waals surface area contributed by atoms with E-state index < -0.39 is 0 Å². The summed E-state index contributed by atoms with van der Waals surface area (Å²) in [5.41, 5.74) is 0.985. The van der Waals surface area contributed by atoms with Gasteiger partial charge in [0.1, 0.15) is 12.2 Å². The number of aromatic nitrogens is 4. The Balaban J connectivity index is 1.87. The van der Waals surface area contributed by atoms with Crippen LogP contribution in [0.4, 0.5) is 5.69 Å². The minimum absolute atomic E-state index is 0.605. The molecule has 6 nitrogen and oxygen atoms in total. The van der Waals surface area contributed by atoms with Gasteiger partial charge in [-0.3, -0.25) is 0 Å². The van der Waals surface area contributed by atoms with Crippen LogP contribution in [0.5, 0.6) is 5.88 Å². The summed E-state index contributed by atoms with van der Waals surface area (Å²) in [6, 6.07) is 3.76. The molecule has 0 aromatic carbocycles. The van der Waals surface area contributed by atoms with Crippen LogP contribution >= 0.6 is 0 Å². The standard InChI is InChI=1S/C11H15N5O/c1-16-8-14-15-10(16)4-6-12-9-3-5-13-11(7-9)17-2/h3,5,7-8H,4,6H2,1-2H3,(H,12,13). The lowest BCUT2D eigenvalue weighted by atomic mass is 10.3. The van der Waals surface area contributed by atoms with Gasteiger partial charge >= 0.3 is 0 Å². The maximum absolute atomic E-state index is 5.05. The number of methoxy groups -OCH3 is 1. The van der Waals surface area contributed by atoms with Crippen molar-refractivity contribution in [1.29, 1.82) is 0 Å². The number of anilines is 1. The highest BCUT2D eigenvalue weighted by atomic mass is 16.5. The second-order valence-electron chi connectivity index (χ2n) is 3.62. The number of hydrogen-bond donors (Lipinski definition) is 1. The molecule has 0 atom stereocenters. The molecule has 0 amide bonds. The van der Waals surface area contributed by atoms with E-state index in [1.807, 2.05) is 23.7 Å². The van der Waals surface area contributed by atoms with Crippen molar-refractivity contribution in [3.63, 3.8) is 0 Å². The minimum Gasteiger partial charge on any atom is -0.481 e. The van der Waals surface area contributed by atoms with E-state index in [0.717, 1.165) is 24.5 Å². The molecule has 0 fully saturated rings. The van der Waals surface area contributed by atoms with Crippen LogP contribution in [0.25, 0.3) is 0 Å². The molecule has 1 N–H and O–H groups in total. The van der Waals surface area contributed by atoms with Gasteiger partial charge in [-0.25, -0.2) is 4.98 Å². The highest BCUT2D eigenvalue weighted by molar-refractivity contribution is 5.44. The van der Waals surface area contributed by atoms with Crippen molar-refractivity contribution in [3.05, 3.63) is 30.5 Å². The number of nitrogens with zero attached hydrogens (tertiary/aromatic N) is 4. The molecule has 6 heteroatoms. The van der Waals surface area contributed by atoms with Crippen LogP contribution in [0.2, 0.25) is 0 Å². The first-order valence-corrected chi connectivity index (χ1v) is 5.36. The van der Waals surface area contributed by atoms with E-state index in [0.29, 0.717) is 5.88 Å². The van der Waals surface area contributed by atoms with Gasteiger partial charge in [0.05, 0.1) is 7.11 Å². The van der Waals surface area contributed by atoms with Crippen LogP contribution in [0.1, 0.15) is 5.82 Å². The van der Waals surface area contributed by atoms with Crippen molar-refractivity contribution in [2.75, 3.05) is 19.0 Å². The molecule has 90 valence electrons. The first kappa shape index (κ1) is 11.4. The average molecular weight is 233 g/mol. The van der Waals surface area contributed by atoms with Crippen molar-refractivity contribution in [2.24, 2.45) is 7.05 Å². The smallest absolute Gasteiger partial charge is 0.214 e. The van der Waals surface area contributed by atoms with E-state index in [9.17, 15) is 0 Å². The Kier molecular flexibility index (Phi) is 3.54. The van der Waals surface area contributed by atoms with E-state index in [2.05, 4.69) is 20.5 Å². The predicted molar refractivity (Wildman–Crippen MR) is 64.0 cm³/mol. The molecule has 2 rings (SSSR count). The maximum atomic E-state index is 5.05. The molecular weight excluding hydrogens is 218 g/mol. The molecule has 0 saturated carbocycles. The number of rotatable bonds is 5. The Morgan fingerprint density at radius 1 is 1.47 bits per heavy atom. The second-order valence-corrected chi connectivity index (χ2v) is 3.62. The fourth-order valence-corrected chi connectivity index (χ4v) is 1.48. The summed E-state index contributed by atoms with van der Waals surface area (Å²) < 4.78 is 6.96. The Labute approximate surface area is 99.7 Å². The molecule has 0 aliphatic carbocycles. The zero-order valence-electron chi connectivity index (χ0n) is 9.92. The number of ether oxygens (including phenoxy) is 1. The van der Waals surface area contributed by atoms with Crippen LogP contribution in [0.3, 0.4) is 0 Å². The van der Waals surface area contributed by atoms with Crippen LogP contribution in [0.15, 0.2) is 24.7 Å². The van der Waals surface area contributed by atoms with Gasteiger partial charge in [0.25, 0.3) is 0 Å². The van der Waals surface area contributed by atoms with E-state index in [4.69, 9.17) is 4.74 Å². The van der Waals surface area contributed by atoms with Gasteiger partial charge in [-0.1, -0.05) is 0 Å². The maximum Gasteiger partial charge on any atom is 0.214 e. The zero-order valence-corrected chi connectivity index (χ0v) is 9.92. The Hall–Kier alpha value is -2.11. The van der Waals surface area contributed by atoms with Crippen molar-refractivity contribution in [3.8, 4) is 5.88 Å². The van der Waals surface area contributed by atoms with E-state index in [1.165, 1.54) is 0 Å². The number of aryl methyl sites for hydroxylation is 1. The summed E-state index contributed by atoms with van der Waals surface area (Å²) in [4.78, 5) is 4.04. The number of hydrogen-bond acceptors (Lipinski definition) is 5. The van der Waals surface area contributed by atoms with Crippen LogP contribution in [0, 0.1) is 0 Å². The van der Waals surface area contributed by atoms with Gasteiger partial charge in [0.15, 0.2) is 0 Å². The fraction of sp³-hybridized carbons (Fsp3) is 0.364.